The van der Waals surface area contributed by atoms with Gasteiger partial charge in [0.05, 0.1) is 26.4 Å². The second-order valence-corrected chi connectivity index (χ2v) is 29.5. The van der Waals surface area contributed by atoms with Crippen LogP contribution in [0.5, 0.6) is 0 Å². The summed E-state index contributed by atoms with van der Waals surface area (Å²) in [4.78, 5) is 72.4. The highest BCUT2D eigenvalue weighted by molar-refractivity contribution is 7.47. The lowest BCUT2D eigenvalue weighted by molar-refractivity contribution is -0.161. The van der Waals surface area contributed by atoms with E-state index in [0.29, 0.717) is 37.5 Å². The molecule has 0 spiro atoms. The molecule has 522 valence electrons. The van der Waals surface area contributed by atoms with Crippen LogP contribution in [0.15, 0.2) is 0 Å². The molecule has 19 heteroatoms. The molecular formula is C69H134O17P2. The van der Waals surface area contributed by atoms with Crippen molar-refractivity contribution < 1.29 is 80.2 Å². The van der Waals surface area contributed by atoms with Crippen LogP contribution in [0.2, 0.25) is 0 Å². The van der Waals surface area contributed by atoms with Gasteiger partial charge in [0.2, 0.25) is 0 Å². The number of phosphoric ester groups is 2. The quantitative estimate of drug-likeness (QED) is 0.0222. The van der Waals surface area contributed by atoms with Gasteiger partial charge in [-0.1, -0.05) is 287 Å². The number of phosphoric acid groups is 2. The van der Waals surface area contributed by atoms with Crippen molar-refractivity contribution in [3.05, 3.63) is 0 Å². The second kappa shape index (κ2) is 58.8. The third-order valence-electron chi connectivity index (χ3n) is 16.2. The normalized spacial score (nSPS) is 14.6. The van der Waals surface area contributed by atoms with E-state index < -0.39 is 97.5 Å². The van der Waals surface area contributed by atoms with Crippen molar-refractivity contribution in [1.29, 1.82) is 0 Å². The summed E-state index contributed by atoms with van der Waals surface area (Å²) in [5, 5.41) is 10.6. The van der Waals surface area contributed by atoms with Crippen molar-refractivity contribution in [3.63, 3.8) is 0 Å². The molecule has 0 heterocycles. The molecule has 88 heavy (non-hydrogen) atoms. The van der Waals surface area contributed by atoms with Crippen molar-refractivity contribution in [1.82, 2.24) is 0 Å². The van der Waals surface area contributed by atoms with E-state index in [2.05, 4.69) is 55.4 Å². The van der Waals surface area contributed by atoms with Crippen LogP contribution in [0.25, 0.3) is 0 Å². The highest BCUT2D eigenvalue weighted by Crippen LogP contribution is 2.45. The fourth-order valence-electron chi connectivity index (χ4n) is 10.3. The lowest BCUT2D eigenvalue weighted by atomic mass is 10.00. The molecule has 0 saturated heterocycles. The molecule has 0 aliphatic carbocycles. The number of carbonyl (C=O) groups is 4. The first-order valence-corrected chi connectivity index (χ1v) is 38.7. The average Bonchev–Trinajstić information content (AvgIpc) is 3.56. The molecule has 3 N–H and O–H groups in total. The van der Waals surface area contributed by atoms with E-state index in [0.717, 1.165) is 108 Å². The standard InChI is InChI=1S/C69H134O17P2/c1-9-62(8)48-40-32-26-28-34-42-50-67(72)80-56-65(86-69(74)52-44-36-27-25-31-39-47-61(6)7)58-84-88(77,78)82-54-63(70)53-81-87(75,76)83-57-64(85-68(73)51-43-35-24-20-22-30-38-46-60(4)5)55-79-66(71)49-41-33-23-19-17-15-13-11-10-12-14-16-18-21-29-37-45-59(2)3/h59-65,70H,9-58H2,1-8H3,(H,75,76)(H,77,78)/t62?,63-,64-,65-/m1/s1. The topological polar surface area (TPSA) is 237 Å². The summed E-state index contributed by atoms with van der Waals surface area (Å²) in [5.74, 6) is 0.770. The van der Waals surface area contributed by atoms with Crippen molar-refractivity contribution in [2.24, 2.45) is 23.7 Å². The highest BCUT2D eigenvalue weighted by atomic mass is 31.2. The van der Waals surface area contributed by atoms with Gasteiger partial charge < -0.3 is 33.8 Å². The zero-order valence-corrected chi connectivity index (χ0v) is 59.1. The molecule has 0 rings (SSSR count). The Balaban J connectivity index is 5.15. The van der Waals surface area contributed by atoms with Crippen LogP contribution in [0.3, 0.4) is 0 Å². The zero-order chi connectivity index (χ0) is 65.4. The molecule has 17 nitrogen and oxygen atoms in total. The van der Waals surface area contributed by atoms with Gasteiger partial charge in [0.1, 0.15) is 19.3 Å². The number of esters is 4. The fourth-order valence-corrected chi connectivity index (χ4v) is 11.9. The molecule has 0 amide bonds. The number of carbonyl (C=O) groups excluding carboxylic acids is 4. The molecule has 0 fully saturated rings. The fraction of sp³-hybridized carbons (Fsp3) is 0.942. The Morgan fingerprint density at radius 3 is 0.807 bits per heavy atom. The van der Waals surface area contributed by atoms with Crippen LogP contribution in [-0.4, -0.2) is 96.7 Å². The number of aliphatic hydroxyl groups excluding tert-OH is 1. The number of ether oxygens (including phenoxy) is 4. The Morgan fingerprint density at radius 2 is 0.545 bits per heavy atom. The Kier molecular flexibility index (Phi) is 57.6. The predicted molar refractivity (Wildman–Crippen MR) is 354 cm³/mol. The van der Waals surface area contributed by atoms with E-state index in [1.54, 1.807) is 0 Å². The molecule has 3 unspecified atom stereocenters. The molecule has 0 aliphatic heterocycles. The molecular weight excluding hydrogens is 1160 g/mol. The largest absolute Gasteiger partial charge is 0.472 e. The van der Waals surface area contributed by atoms with Crippen molar-refractivity contribution in [3.8, 4) is 0 Å². The summed E-state index contributed by atoms with van der Waals surface area (Å²) in [6.07, 6.45) is 40.8. The second-order valence-electron chi connectivity index (χ2n) is 26.6. The number of unbranched alkanes of at least 4 members (excludes halogenated alkanes) is 31. The summed E-state index contributed by atoms with van der Waals surface area (Å²) in [6.45, 7) is 14.0. The van der Waals surface area contributed by atoms with Gasteiger partial charge in [-0.3, -0.25) is 37.3 Å². The molecule has 0 aliphatic rings. The molecule has 0 bridgehead atoms. The van der Waals surface area contributed by atoms with Gasteiger partial charge in [-0.15, -0.1) is 0 Å². The van der Waals surface area contributed by atoms with Gasteiger partial charge in [0, 0.05) is 25.7 Å². The molecule has 6 atom stereocenters. The van der Waals surface area contributed by atoms with Gasteiger partial charge in [-0.2, -0.15) is 0 Å². The lowest BCUT2D eigenvalue weighted by Crippen LogP contribution is -2.30. The Labute approximate surface area is 537 Å². The van der Waals surface area contributed by atoms with Crippen LogP contribution in [0, 0.1) is 23.7 Å². The first kappa shape index (κ1) is 86.1. The highest BCUT2D eigenvalue weighted by Gasteiger charge is 2.30. The van der Waals surface area contributed by atoms with Crippen LogP contribution in [0.1, 0.15) is 338 Å². The molecule has 0 radical (unpaired) electrons. The van der Waals surface area contributed by atoms with Crippen LogP contribution < -0.4 is 0 Å². The summed E-state index contributed by atoms with van der Waals surface area (Å²) in [5.41, 5.74) is 0. The van der Waals surface area contributed by atoms with Gasteiger partial charge in [-0.25, -0.2) is 9.13 Å². The van der Waals surface area contributed by atoms with E-state index in [4.69, 9.17) is 37.0 Å². The van der Waals surface area contributed by atoms with Crippen molar-refractivity contribution >= 4 is 39.5 Å². The Morgan fingerprint density at radius 1 is 0.318 bits per heavy atom. The van der Waals surface area contributed by atoms with Gasteiger partial charge >= 0.3 is 39.5 Å². The average molecular weight is 1300 g/mol. The number of hydrogen-bond donors (Lipinski definition) is 3. The summed E-state index contributed by atoms with van der Waals surface area (Å²) in [7, 11) is -9.90. The molecule has 0 saturated carbocycles. The zero-order valence-electron chi connectivity index (χ0n) is 57.3. The van der Waals surface area contributed by atoms with Gasteiger partial charge in [-0.05, 0) is 49.4 Å². The van der Waals surface area contributed by atoms with E-state index in [-0.39, 0.29) is 25.7 Å². The van der Waals surface area contributed by atoms with Crippen molar-refractivity contribution in [2.45, 2.75) is 356 Å². The van der Waals surface area contributed by atoms with Gasteiger partial charge in [0.25, 0.3) is 0 Å². The smallest absolute Gasteiger partial charge is 0.462 e. The molecule has 0 aromatic rings. The summed E-state index contributed by atoms with van der Waals surface area (Å²) >= 11 is 0. The monoisotopic (exact) mass is 1300 g/mol. The summed E-state index contributed by atoms with van der Waals surface area (Å²) < 4.78 is 68.1. The number of hydrogen-bond acceptors (Lipinski definition) is 15. The van der Waals surface area contributed by atoms with Gasteiger partial charge in [0.15, 0.2) is 12.2 Å². The lowest BCUT2D eigenvalue weighted by Gasteiger charge is -2.21. The maximum Gasteiger partial charge on any atom is 0.472 e. The van der Waals surface area contributed by atoms with E-state index in [1.165, 1.54) is 135 Å². The minimum atomic E-state index is -4.95. The first-order valence-electron chi connectivity index (χ1n) is 35.7. The number of rotatable bonds is 66. The van der Waals surface area contributed by atoms with Crippen LogP contribution in [0.4, 0.5) is 0 Å². The Hall–Kier alpha value is -1.94. The molecule has 0 aromatic carbocycles. The van der Waals surface area contributed by atoms with E-state index >= 15 is 0 Å². The summed E-state index contributed by atoms with van der Waals surface area (Å²) in [6, 6.07) is 0. The Bertz CT molecular complexity index is 1750. The minimum Gasteiger partial charge on any atom is -0.462 e. The minimum absolute atomic E-state index is 0.101. The predicted octanol–water partition coefficient (Wildman–Crippen LogP) is 19.3. The van der Waals surface area contributed by atoms with Crippen LogP contribution >= 0.6 is 15.6 Å². The third kappa shape index (κ3) is 61.6. The SMILES string of the molecule is CCC(C)CCCCCCCCC(=O)OC[C@H](COP(=O)(O)OC[C@H](O)COP(=O)(O)OC[C@@H](COC(=O)CCCCCCCCCCCCCCCCCCC(C)C)OC(=O)CCCCCCCCCC(C)C)OC(=O)CCCCCCCCC(C)C. The van der Waals surface area contributed by atoms with Crippen molar-refractivity contribution in [2.75, 3.05) is 39.6 Å². The van der Waals surface area contributed by atoms with Crippen LogP contribution in [-0.2, 0) is 65.4 Å². The number of aliphatic hydroxyl groups is 1. The van der Waals surface area contributed by atoms with E-state index in [1.807, 2.05) is 0 Å². The maximum absolute atomic E-state index is 13.0. The van der Waals surface area contributed by atoms with E-state index in [9.17, 15) is 43.2 Å². The third-order valence-corrected chi connectivity index (χ3v) is 18.1. The maximum atomic E-state index is 13.0. The molecule has 0 aromatic heterocycles. The first-order chi connectivity index (χ1) is 42.1.